The average Bonchev–Trinajstić information content (AvgIpc) is 2.33. The van der Waals surface area contributed by atoms with E-state index < -0.39 is 11.6 Å². The summed E-state index contributed by atoms with van der Waals surface area (Å²) in [5.74, 6) is -0.794. The Hall–Kier alpha value is -1.88. The highest BCUT2D eigenvalue weighted by molar-refractivity contribution is 5.97. The molecule has 0 radical (unpaired) electrons. The summed E-state index contributed by atoms with van der Waals surface area (Å²) in [5.41, 5.74) is 6.22. The molecule has 19 heavy (non-hydrogen) atoms. The lowest BCUT2D eigenvalue weighted by molar-refractivity contribution is -0.153. The van der Waals surface area contributed by atoms with Gasteiger partial charge in [-0.1, -0.05) is 18.2 Å². The smallest absolute Gasteiger partial charge is 0.325 e. The van der Waals surface area contributed by atoms with Crippen molar-refractivity contribution in [3.8, 4) is 0 Å². The van der Waals surface area contributed by atoms with E-state index >= 15 is 0 Å². The number of hydrogen-bond donors (Lipinski definition) is 2. The number of hydrogen-bond acceptors (Lipinski definition) is 4. The second-order valence-electron chi connectivity index (χ2n) is 5.13. The van der Waals surface area contributed by atoms with E-state index in [-0.39, 0.29) is 19.0 Å². The van der Waals surface area contributed by atoms with Gasteiger partial charge in [0, 0.05) is 12.1 Å². The molecule has 1 amide bonds. The lowest BCUT2D eigenvalue weighted by Crippen LogP contribution is -2.35. The van der Waals surface area contributed by atoms with Crippen molar-refractivity contribution in [2.45, 2.75) is 32.9 Å². The molecule has 104 valence electrons. The lowest BCUT2D eigenvalue weighted by Gasteiger charge is -2.19. The Balaban J connectivity index is 2.59. The highest BCUT2D eigenvalue weighted by Gasteiger charge is 2.17. The molecule has 1 rings (SSSR count). The van der Waals surface area contributed by atoms with Gasteiger partial charge in [0.05, 0.1) is 0 Å². The Labute approximate surface area is 113 Å². The number of nitrogens with one attached hydrogen (secondary N) is 1. The number of carbonyl (C=O) groups excluding carboxylic acids is 2. The molecule has 5 heteroatoms. The Kier molecular flexibility index (Phi) is 5.06. The molecule has 0 atom stereocenters. The quantitative estimate of drug-likeness (QED) is 0.801. The Morgan fingerprint density at radius 1 is 1.26 bits per heavy atom. The average molecular weight is 264 g/mol. The molecule has 0 saturated heterocycles. The maximum atomic E-state index is 11.9. The maximum Gasteiger partial charge on any atom is 0.325 e. The molecule has 0 unspecified atom stereocenters. The first-order valence-corrected chi connectivity index (χ1v) is 6.11. The molecule has 0 bridgehead atoms. The molecular formula is C14H20N2O3. The summed E-state index contributed by atoms with van der Waals surface area (Å²) in [6, 6.07) is 7.02. The van der Waals surface area contributed by atoms with Crippen molar-refractivity contribution in [1.29, 1.82) is 0 Å². The van der Waals surface area contributed by atoms with E-state index in [1.807, 2.05) is 6.07 Å². The minimum Gasteiger partial charge on any atom is -0.459 e. The first kappa shape index (κ1) is 15.2. The fraction of sp³-hybridized carbons (Fsp3) is 0.429. The van der Waals surface area contributed by atoms with Gasteiger partial charge in [-0.3, -0.25) is 9.59 Å². The molecule has 0 aliphatic carbocycles. The summed E-state index contributed by atoms with van der Waals surface area (Å²) < 4.78 is 5.10. The van der Waals surface area contributed by atoms with E-state index in [9.17, 15) is 9.59 Å². The normalized spacial score (nSPS) is 10.9. The number of carbonyl (C=O) groups is 2. The zero-order valence-corrected chi connectivity index (χ0v) is 11.5. The highest BCUT2D eigenvalue weighted by atomic mass is 16.6. The summed E-state index contributed by atoms with van der Waals surface area (Å²) in [4.78, 5) is 23.4. The van der Waals surface area contributed by atoms with Crippen molar-refractivity contribution in [2.24, 2.45) is 5.73 Å². The van der Waals surface area contributed by atoms with Gasteiger partial charge in [-0.2, -0.15) is 0 Å². The summed E-state index contributed by atoms with van der Waals surface area (Å²) in [5, 5.41) is 2.53. The van der Waals surface area contributed by atoms with Gasteiger partial charge in [0.25, 0.3) is 5.91 Å². The molecule has 0 fully saturated rings. The van der Waals surface area contributed by atoms with Crippen LogP contribution < -0.4 is 11.1 Å². The Morgan fingerprint density at radius 2 is 1.89 bits per heavy atom. The first-order valence-electron chi connectivity index (χ1n) is 6.11. The van der Waals surface area contributed by atoms with Crippen molar-refractivity contribution in [3.05, 3.63) is 35.4 Å². The van der Waals surface area contributed by atoms with Crippen molar-refractivity contribution in [2.75, 3.05) is 6.54 Å². The van der Waals surface area contributed by atoms with E-state index in [1.54, 1.807) is 39.0 Å². The van der Waals surface area contributed by atoms with Gasteiger partial charge in [-0.25, -0.2) is 0 Å². The van der Waals surface area contributed by atoms with Crippen LogP contribution in [-0.4, -0.2) is 24.0 Å². The minimum absolute atomic E-state index is 0.158. The SMILES string of the molecule is CC(C)(C)OC(=O)CNC(=O)c1ccccc1CN. The van der Waals surface area contributed by atoms with Crippen LogP contribution in [0.1, 0.15) is 36.7 Å². The summed E-state index contributed by atoms with van der Waals surface area (Å²) >= 11 is 0. The fourth-order valence-electron chi connectivity index (χ4n) is 1.55. The van der Waals surface area contributed by atoms with Crippen LogP contribution >= 0.6 is 0 Å². The molecule has 1 aromatic carbocycles. The molecule has 0 spiro atoms. The van der Waals surface area contributed by atoms with Crippen LogP contribution in [0.4, 0.5) is 0 Å². The van der Waals surface area contributed by atoms with Gasteiger partial charge >= 0.3 is 5.97 Å². The topological polar surface area (TPSA) is 81.4 Å². The van der Waals surface area contributed by atoms with Crippen LogP contribution in [0.3, 0.4) is 0 Å². The van der Waals surface area contributed by atoms with Gasteiger partial charge in [-0.15, -0.1) is 0 Å². The predicted molar refractivity (Wildman–Crippen MR) is 72.5 cm³/mol. The third kappa shape index (κ3) is 5.09. The number of rotatable bonds is 4. The van der Waals surface area contributed by atoms with E-state index in [4.69, 9.17) is 10.5 Å². The molecule has 0 aromatic heterocycles. The standard InChI is InChI=1S/C14H20N2O3/c1-14(2,3)19-12(17)9-16-13(18)11-7-5-4-6-10(11)8-15/h4-7H,8-9,15H2,1-3H3,(H,16,18). The van der Waals surface area contributed by atoms with Crippen molar-refractivity contribution in [1.82, 2.24) is 5.32 Å². The molecule has 0 heterocycles. The van der Waals surface area contributed by atoms with E-state index in [0.717, 1.165) is 5.56 Å². The van der Waals surface area contributed by atoms with Crippen LogP contribution in [0.5, 0.6) is 0 Å². The molecule has 5 nitrogen and oxygen atoms in total. The second kappa shape index (κ2) is 6.33. The molecule has 0 aliphatic heterocycles. The zero-order valence-electron chi connectivity index (χ0n) is 11.5. The van der Waals surface area contributed by atoms with E-state index in [1.165, 1.54) is 0 Å². The van der Waals surface area contributed by atoms with Crippen LogP contribution in [0.2, 0.25) is 0 Å². The second-order valence-corrected chi connectivity index (χ2v) is 5.13. The Bertz CT molecular complexity index is 464. The maximum absolute atomic E-state index is 11.9. The molecule has 3 N–H and O–H groups in total. The van der Waals surface area contributed by atoms with Crippen molar-refractivity contribution >= 4 is 11.9 Å². The molecular weight excluding hydrogens is 244 g/mol. The first-order chi connectivity index (χ1) is 8.83. The third-order valence-electron chi connectivity index (χ3n) is 2.30. The van der Waals surface area contributed by atoms with Crippen LogP contribution in [0, 0.1) is 0 Å². The number of amides is 1. The minimum atomic E-state index is -0.559. The van der Waals surface area contributed by atoms with Crippen molar-refractivity contribution in [3.63, 3.8) is 0 Å². The van der Waals surface area contributed by atoms with Gasteiger partial charge in [0.15, 0.2) is 0 Å². The van der Waals surface area contributed by atoms with Gasteiger partial charge in [0.1, 0.15) is 12.1 Å². The van der Waals surface area contributed by atoms with Gasteiger partial charge in [-0.05, 0) is 32.4 Å². The molecule has 1 aromatic rings. The Morgan fingerprint density at radius 3 is 2.47 bits per heavy atom. The van der Waals surface area contributed by atoms with Crippen LogP contribution in [0.15, 0.2) is 24.3 Å². The number of benzene rings is 1. The van der Waals surface area contributed by atoms with E-state index in [0.29, 0.717) is 5.56 Å². The van der Waals surface area contributed by atoms with Gasteiger partial charge in [0.2, 0.25) is 0 Å². The fourth-order valence-corrected chi connectivity index (χ4v) is 1.55. The largest absolute Gasteiger partial charge is 0.459 e. The lowest BCUT2D eigenvalue weighted by atomic mass is 10.1. The summed E-state index contributed by atoms with van der Waals surface area (Å²) in [7, 11) is 0. The monoisotopic (exact) mass is 264 g/mol. The zero-order chi connectivity index (χ0) is 14.5. The highest BCUT2D eigenvalue weighted by Crippen LogP contribution is 2.08. The number of nitrogens with two attached hydrogens (primary N) is 1. The van der Waals surface area contributed by atoms with E-state index in [2.05, 4.69) is 5.32 Å². The molecule has 0 saturated carbocycles. The summed E-state index contributed by atoms with van der Waals surface area (Å²) in [6.07, 6.45) is 0. The predicted octanol–water partition coefficient (Wildman–Crippen LogP) is 1.22. The van der Waals surface area contributed by atoms with Gasteiger partial charge < -0.3 is 15.8 Å². The summed E-state index contributed by atoms with van der Waals surface area (Å²) in [6.45, 7) is 5.44. The number of ether oxygens (including phenoxy) is 1. The van der Waals surface area contributed by atoms with Crippen molar-refractivity contribution < 1.29 is 14.3 Å². The van der Waals surface area contributed by atoms with Crippen LogP contribution in [0.25, 0.3) is 0 Å². The molecule has 0 aliphatic rings. The number of esters is 1. The third-order valence-corrected chi connectivity index (χ3v) is 2.30. The van der Waals surface area contributed by atoms with Crippen LogP contribution in [-0.2, 0) is 16.1 Å².